The van der Waals surface area contributed by atoms with Crippen LogP contribution < -0.4 is 0 Å². The van der Waals surface area contributed by atoms with Gasteiger partial charge in [-0.2, -0.15) is 0 Å². The lowest BCUT2D eigenvalue weighted by atomic mass is 9.71. The summed E-state index contributed by atoms with van der Waals surface area (Å²) in [7, 11) is 0. The quantitative estimate of drug-likeness (QED) is 0.506. The van der Waals surface area contributed by atoms with Crippen molar-refractivity contribution in [3.8, 4) is 0 Å². The lowest BCUT2D eigenvalue weighted by Gasteiger charge is -2.52. The van der Waals surface area contributed by atoms with Gasteiger partial charge in [-0.1, -0.05) is 90.5 Å². The maximum Gasteiger partial charge on any atom is 0.0693 e. The van der Waals surface area contributed by atoms with Crippen molar-refractivity contribution in [3.63, 3.8) is 0 Å². The van der Waals surface area contributed by atoms with Crippen molar-refractivity contribution in [2.75, 3.05) is 13.1 Å². The Kier molecular flexibility index (Phi) is 5.50. The molecule has 2 heteroatoms. The van der Waals surface area contributed by atoms with Crippen LogP contribution in [0.3, 0.4) is 0 Å². The number of aryl methyl sites for hydroxylation is 1. The van der Waals surface area contributed by atoms with Crippen molar-refractivity contribution in [2.45, 2.75) is 37.8 Å². The van der Waals surface area contributed by atoms with E-state index in [0.717, 1.165) is 0 Å². The zero-order chi connectivity index (χ0) is 20.3. The van der Waals surface area contributed by atoms with Gasteiger partial charge in [0, 0.05) is 18.2 Å². The predicted octanol–water partition coefficient (Wildman–Crippen LogP) is 5.71. The molecule has 6 rings (SSSR count). The minimum Gasteiger partial charge on any atom is -0.297 e. The SMILES string of the molecule is Cc1ccc(C=N[C@@H]2C3CCN(CC3)[C@H]2C(c2ccccc2)c2ccccc2)cc1. The molecule has 0 saturated carbocycles. The number of hydrogen-bond donors (Lipinski definition) is 0. The van der Waals surface area contributed by atoms with Gasteiger partial charge in [-0.15, -0.1) is 0 Å². The maximum absolute atomic E-state index is 5.25. The van der Waals surface area contributed by atoms with Crippen LogP contribution in [0.4, 0.5) is 0 Å². The molecular formula is C28H30N2. The van der Waals surface area contributed by atoms with Crippen LogP contribution >= 0.6 is 0 Å². The number of nitrogens with zero attached hydrogens (tertiary/aromatic N) is 2. The van der Waals surface area contributed by atoms with Crippen LogP contribution in [0, 0.1) is 12.8 Å². The van der Waals surface area contributed by atoms with Gasteiger partial charge in [0.15, 0.2) is 0 Å². The molecule has 2 bridgehead atoms. The van der Waals surface area contributed by atoms with E-state index in [-0.39, 0.29) is 0 Å². The third kappa shape index (κ3) is 3.85. The molecule has 0 spiro atoms. The summed E-state index contributed by atoms with van der Waals surface area (Å²) in [5.74, 6) is 1.02. The first-order valence-electron chi connectivity index (χ1n) is 11.2. The lowest BCUT2D eigenvalue weighted by molar-refractivity contribution is 0.0215. The molecule has 2 atom stereocenters. The smallest absolute Gasteiger partial charge is 0.0693 e. The monoisotopic (exact) mass is 394 g/mol. The van der Waals surface area contributed by atoms with Crippen LogP contribution in [0.5, 0.6) is 0 Å². The highest BCUT2D eigenvalue weighted by Crippen LogP contribution is 2.43. The minimum atomic E-state index is 0.333. The summed E-state index contributed by atoms with van der Waals surface area (Å²) < 4.78 is 0. The molecule has 3 saturated heterocycles. The first-order chi connectivity index (χ1) is 14.8. The third-order valence-corrected chi connectivity index (χ3v) is 6.96. The fourth-order valence-corrected chi connectivity index (χ4v) is 5.40. The van der Waals surface area contributed by atoms with Gasteiger partial charge in [0.25, 0.3) is 0 Å². The molecule has 0 amide bonds. The van der Waals surface area contributed by atoms with Gasteiger partial charge in [0.2, 0.25) is 0 Å². The number of hydrogen-bond acceptors (Lipinski definition) is 2. The van der Waals surface area contributed by atoms with E-state index in [9.17, 15) is 0 Å². The average molecular weight is 395 g/mol. The third-order valence-electron chi connectivity index (χ3n) is 6.96. The van der Waals surface area contributed by atoms with Gasteiger partial charge in [0.05, 0.1) is 6.04 Å². The zero-order valence-corrected chi connectivity index (χ0v) is 17.7. The molecule has 3 aromatic rings. The summed E-state index contributed by atoms with van der Waals surface area (Å²) in [5.41, 5.74) is 5.29. The summed E-state index contributed by atoms with van der Waals surface area (Å²) in [6, 6.07) is 31.5. The highest BCUT2D eigenvalue weighted by molar-refractivity contribution is 5.79. The van der Waals surface area contributed by atoms with Gasteiger partial charge in [-0.25, -0.2) is 0 Å². The molecular weight excluding hydrogens is 364 g/mol. The van der Waals surface area contributed by atoms with Gasteiger partial charge in [-0.3, -0.25) is 9.89 Å². The Bertz CT molecular complexity index is 931. The summed E-state index contributed by atoms with van der Waals surface area (Å²) >= 11 is 0. The molecule has 0 aromatic heterocycles. The molecule has 3 heterocycles. The van der Waals surface area contributed by atoms with Crippen molar-refractivity contribution in [1.29, 1.82) is 0 Å². The Morgan fingerprint density at radius 1 is 0.800 bits per heavy atom. The average Bonchev–Trinajstić information content (AvgIpc) is 2.82. The maximum atomic E-state index is 5.25. The zero-order valence-electron chi connectivity index (χ0n) is 17.7. The molecule has 3 fully saturated rings. The highest BCUT2D eigenvalue weighted by atomic mass is 15.2. The Labute approximate surface area is 180 Å². The van der Waals surface area contributed by atoms with E-state index in [1.165, 1.54) is 48.2 Å². The van der Waals surface area contributed by atoms with Crippen LogP contribution in [-0.2, 0) is 0 Å². The van der Waals surface area contributed by atoms with E-state index in [4.69, 9.17) is 4.99 Å². The Morgan fingerprint density at radius 3 is 1.93 bits per heavy atom. The van der Waals surface area contributed by atoms with Crippen molar-refractivity contribution in [2.24, 2.45) is 10.9 Å². The van der Waals surface area contributed by atoms with Gasteiger partial charge in [0.1, 0.15) is 0 Å². The molecule has 0 N–H and O–H groups in total. The molecule has 0 unspecified atom stereocenters. The first-order valence-corrected chi connectivity index (χ1v) is 11.2. The molecule has 3 aromatic carbocycles. The molecule has 152 valence electrons. The number of benzene rings is 3. The highest BCUT2D eigenvalue weighted by Gasteiger charge is 2.46. The fourth-order valence-electron chi connectivity index (χ4n) is 5.40. The largest absolute Gasteiger partial charge is 0.297 e. The van der Waals surface area contributed by atoms with Crippen molar-refractivity contribution >= 4 is 6.21 Å². The summed E-state index contributed by atoms with van der Waals surface area (Å²) in [6.45, 7) is 4.53. The predicted molar refractivity (Wildman–Crippen MR) is 125 cm³/mol. The van der Waals surface area contributed by atoms with E-state index in [0.29, 0.717) is 23.9 Å². The Balaban J connectivity index is 1.54. The van der Waals surface area contributed by atoms with Crippen LogP contribution in [0.15, 0.2) is 89.9 Å². The van der Waals surface area contributed by atoms with Crippen molar-refractivity contribution in [3.05, 3.63) is 107 Å². The second-order valence-corrected chi connectivity index (χ2v) is 8.84. The summed E-state index contributed by atoms with van der Waals surface area (Å²) in [4.78, 5) is 7.96. The number of fused-ring (bicyclic) bond motifs is 3. The van der Waals surface area contributed by atoms with Crippen LogP contribution in [0.2, 0.25) is 0 Å². The van der Waals surface area contributed by atoms with Crippen molar-refractivity contribution in [1.82, 2.24) is 4.90 Å². The topological polar surface area (TPSA) is 15.6 Å². The van der Waals surface area contributed by atoms with Gasteiger partial charge < -0.3 is 0 Å². The molecule has 3 aliphatic heterocycles. The van der Waals surface area contributed by atoms with E-state index in [2.05, 4.69) is 103 Å². The van der Waals surface area contributed by atoms with E-state index in [1.807, 2.05) is 0 Å². The van der Waals surface area contributed by atoms with Crippen LogP contribution in [0.1, 0.15) is 41.0 Å². The summed E-state index contributed by atoms with van der Waals surface area (Å²) in [5, 5.41) is 0. The standard InChI is InChI=1S/C28H30N2/c1-21-12-14-22(15-13-21)20-29-27-25-16-18-30(19-17-25)28(27)26(23-8-4-2-5-9-23)24-10-6-3-7-11-24/h2-15,20,25-28H,16-19H2,1H3/t27-,28+/m1/s1. The molecule has 3 aliphatic rings. The molecule has 0 aliphatic carbocycles. The van der Waals surface area contributed by atoms with Gasteiger partial charge in [-0.05, 0) is 55.5 Å². The van der Waals surface area contributed by atoms with E-state index in [1.54, 1.807) is 0 Å². The molecule has 2 nitrogen and oxygen atoms in total. The van der Waals surface area contributed by atoms with Crippen LogP contribution in [-0.4, -0.2) is 36.3 Å². The van der Waals surface area contributed by atoms with E-state index >= 15 is 0 Å². The number of aliphatic imine (C=N–C) groups is 1. The number of rotatable bonds is 5. The molecule has 0 radical (unpaired) electrons. The minimum absolute atomic E-state index is 0.333. The lowest BCUT2D eigenvalue weighted by Crippen LogP contribution is -2.59. The fraction of sp³-hybridized carbons (Fsp3) is 0.321. The van der Waals surface area contributed by atoms with Crippen LogP contribution in [0.25, 0.3) is 0 Å². The Morgan fingerprint density at radius 2 is 1.37 bits per heavy atom. The van der Waals surface area contributed by atoms with Gasteiger partial charge >= 0.3 is 0 Å². The number of piperidine rings is 3. The normalized spacial score (nSPS) is 25.8. The summed E-state index contributed by atoms with van der Waals surface area (Å²) in [6.07, 6.45) is 4.65. The first kappa shape index (κ1) is 19.3. The second-order valence-electron chi connectivity index (χ2n) is 8.84. The van der Waals surface area contributed by atoms with Crippen molar-refractivity contribution < 1.29 is 0 Å². The Hall–Kier alpha value is -2.71. The second kappa shape index (κ2) is 8.57. The van der Waals surface area contributed by atoms with E-state index < -0.39 is 0 Å². The molecule has 30 heavy (non-hydrogen) atoms.